The molecular weight excluding hydrogens is 594 g/mol. The maximum absolute atomic E-state index is 13.8. The molecule has 0 aliphatic carbocycles. The number of hydrogen-bond acceptors (Lipinski definition) is 10. The van der Waals surface area contributed by atoms with E-state index in [2.05, 4.69) is 0 Å². The molecule has 6 rings (SSSR count). The summed E-state index contributed by atoms with van der Waals surface area (Å²) in [4.78, 5) is 58.5. The predicted molar refractivity (Wildman–Crippen MR) is 159 cm³/mol. The van der Waals surface area contributed by atoms with Gasteiger partial charge in [-0.1, -0.05) is 20.3 Å². The van der Waals surface area contributed by atoms with Crippen LogP contribution in [-0.4, -0.2) is 44.5 Å². The summed E-state index contributed by atoms with van der Waals surface area (Å²) in [6, 6.07) is 3.29. The summed E-state index contributed by atoms with van der Waals surface area (Å²) in [6.07, 6.45) is 1.08. The Morgan fingerprint density at radius 1 is 1.16 bits per heavy atom. The average molecular weight is 626 g/mol. The highest BCUT2D eigenvalue weighted by atomic mass is 35.5. The minimum Gasteiger partial charge on any atom is -0.458 e. The van der Waals surface area contributed by atoms with Crippen molar-refractivity contribution in [3.8, 4) is 22.9 Å². The van der Waals surface area contributed by atoms with Crippen molar-refractivity contribution in [2.45, 2.75) is 84.7 Å². The molecule has 0 unspecified atom stereocenters. The molecule has 1 atom stereocenters. The Balaban J connectivity index is 1.67. The number of unbranched alkanes of at least 4 members (excludes halogenated alkanes) is 1. The zero-order valence-corrected chi connectivity index (χ0v) is 25.8. The number of imide groups is 1. The molecular formula is C31H32ClN3O9. The lowest BCUT2D eigenvalue weighted by atomic mass is 9.86. The Morgan fingerprint density at radius 2 is 1.91 bits per heavy atom. The summed E-state index contributed by atoms with van der Waals surface area (Å²) >= 11 is 6.06. The van der Waals surface area contributed by atoms with Gasteiger partial charge >= 0.3 is 17.4 Å². The second-order valence-corrected chi connectivity index (χ2v) is 12.4. The number of carbonyl (C=O) groups excluding carboxylic acids is 3. The minimum atomic E-state index is -1.97. The van der Waals surface area contributed by atoms with Gasteiger partial charge in [-0.2, -0.15) is 4.90 Å². The number of cyclic esters (lactones) is 1. The van der Waals surface area contributed by atoms with Gasteiger partial charge in [-0.25, -0.2) is 14.6 Å². The van der Waals surface area contributed by atoms with E-state index in [1.54, 1.807) is 44.4 Å². The van der Waals surface area contributed by atoms with Crippen molar-refractivity contribution >= 4 is 45.6 Å². The standard InChI is InChI=1S/C31H32ClN3O9/c1-6-8-9-15-16-12-34-20(10-18-17(26(34)36)13-41-27(37)31(18,40)7-2)23(16)33-19-11-21-25(43-14-42-21)24(22(15)19)35(28(32)38)29(39)44-30(3,4)5/h10-11,40H,6-9,12-14H2,1-5H3/t31-/m0/s1. The molecule has 0 saturated heterocycles. The average Bonchev–Trinajstić information content (AvgIpc) is 3.57. The van der Waals surface area contributed by atoms with Gasteiger partial charge in [0.25, 0.3) is 5.56 Å². The van der Waals surface area contributed by atoms with Crippen LogP contribution in [0.1, 0.15) is 76.1 Å². The van der Waals surface area contributed by atoms with E-state index in [0.29, 0.717) is 34.3 Å². The molecule has 5 heterocycles. The number of aliphatic hydroxyl groups is 1. The third kappa shape index (κ3) is 4.50. The molecule has 0 spiro atoms. The molecule has 44 heavy (non-hydrogen) atoms. The molecule has 1 aromatic carbocycles. The lowest BCUT2D eigenvalue weighted by Gasteiger charge is -2.31. The smallest absolute Gasteiger partial charge is 0.422 e. The molecule has 13 heteroatoms. The van der Waals surface area contributed by atoms with Crippen molar-refractivity contribution in [2.24, 2.45) is 0 Å². The Labute approximate surface area is 257 Å². The summed E-state index contributed by atoms with van der Waals surface area (Å²) in [5.74, 6) is -0.420. The second-order valence-electron chi connectivity index (χ2n) is 12.0. The topological polar surface area (TPSA) is 146 Å². The molecule has 3 aliphatic rings. The van der Waals surface area contributed by atoms with Crippen LogP contribution in [0, 0.1) is 0 Å². The third-order valence-corrected chi connectivity index (χ3v) is 8.33. The first kappa shape index (κ1) is 29.9. The maximum Gasteiger partial charge on any atom is 0.422 e. The van der Waals surface area contributed by atoms with Crippen molar-refractivity contribution < 1.29 is 38.4 Å². The van der Waals surface area contributed by atoms with Crippen LogP contribution in [0.15, 0.2) is 16.9 Å². The van der Waals surface area contributed by atoms with Crippen LogP contribution in [0.2, 0.25) is 0 Å². The molecule has 0 fully saturated rings. The molecule has 232 valence electrons. The monoisotopic (exact) mass is 625 g/mol. The number of nitrogens with zero attached hydrogens (tertiary/aromatic N) is 3. The highest BCUT2D eigenvalue weighted by Gasteiger charge is 2.46. The van der Waals surface area contributed by atoms with Crippen LogP contribution in [-0.2, 0) is 39.4 Å². The molecule has 2 aromatic heterocycles. The van der Waals surface area contributed by atoms with Crippen molar-refractivity contribution in [3.05, 3.63) is 44.7 Å². The number of amides is 2. The van der Waals surface area contributed by atoms with Crippen LogP contribution >= 0.6 is 11.6 Å². The van der Waals surface area contributed by atoms with Crippen molar-refractivity contribution in [1.82, 2.24) is 9.55 Å². The summed E-state index contributed by atoms with van der Waals surface area (Å²) in [5, 5.41) is 10.6. The van der Waals surface area contributed by atoms with Gasteiger partial charge < -0.3 is 28.6 Å². The first-order valence-corrected chi connectivity index (χ1v) is 14.9. The first-order valence-electron chi connectivity index (χ1n) is 14.5. The van der Waals surface area contributed by atoms with Crippen molar-refractivity contribution in [3.63, 3.8) is 0 Å². The number of fused-ring (bicyclic) bond motifs is 6. The number of aryl methyl sites for hydroxylation is 1. The molecule has 1 N–H and O–H groups in total. The van der Waals surface area contributed by atoms with Gasteiger partial charge in [0.1, 0.15) is 17.9 Å². The number of hydrogen-bond donors (Lipinski definition) is 1. The van der Waals surface area contributed by atoms with E-state index in [-0.39, 0.29) is 54.7 Å². The SMILES string of the molecule is CCCCc1c2c(nc3cc4c(c(N(C(=O)Cl)C(=O)OC(C)(C)C)c13)OCO4)-c1cc3c(c(=O)n1C2)COC(=O)[C@]3(O)CC. The largest absolute Gasteiger partial charge is 0.458 e. The summed E-state index contributed by atoms with van der Waals surface area (Å²) in [7, 11) is 0. The fraction of sp³-hybridized carbons (Fsp3) is 0.452. The van der Waals surface area contributed by atoms with Gasteiger partial charge in [0, 0.05) is 22.6 Å². The predicted octanol–water partition coefficient (Wildman–Crippen LogP) is 5.25. The second kappa shape index (κ2) is 10.5. The number of benzene rings is 1. The zero-order valence-electron chi connectivity index (χ0n) is 25.0. The van der Waals surface area contributed by atoms with E-state index < -0.39 is 34.2 Å². The van der Waals surface area contributed by atoms with Crippen LogP contribution in [0.5, 0.6) is 11.5 Å². The van der Waals surface area contributed by atoms with Crippen molar-refractivity contribution in [1.29, 1.82) is 0 Å². The van der Waals surface area contributed by atoms with E-state index in [1.807, 2.05) is 6.92 Å². The molecule has 0 radical (unpaired) electrons. The molecule has 12 nitrogen and oxygen atoms in total. The van der Waals surface area contributed by atoms with Gasteiger partial charge in [-0.15, -0.1) is 0 Å². The van der Waals surface area contributed by atoms with Crippen LogP contribution in [0.3, 0.4) is 0 Å². The van der Waals surface area contributed by atoms with E-state index >= 15 is 0 Å². The Kier molecular flexibility index (Phi) is 7.12. The Hall–Kier alpha value is -4.16. The summed E-state index contributed by atoms with van der Waals surface area (Å²) in [6.45, 7) is 8.41. The van der Waals surface area contributed by atoms with Crippen LogP contribution in [0.25, 0.3) is 22.3 Å². The lowest BCUT2D eigenvalue weighted by molar-refractivity contribution is -0.172. The molecule has 0 bridgehead atoms. The van der Waals surface area contributed by atoms with E-state index in [1.165, 1.54) is 0 Å². The molecule has 3 aliphatic heterocycles. The maximum atomic E-state index is 13.8. The van der Waals surface area contributed by atoms with Gasteiger partial charge in [-0.3, -0.25) is 9.59 Å². The lowest BCUT2D eigenvalue weighted by Crippen LogP contribution is -2.44. The van der Waals surface area contributed by atoms with Crippen LogP contribution in [0.4, 0.5) is 15.3 Å². The van der Waals surface area contributed by atoms with Crippen molar-refractivity contribution in [2.75, 3.05) is 11.7 Å². The summed E-state index contributed by atoms with van der Waals surface area (Å²) in [5.41, 5.74) is -0.143. The molecule has 2 amide bonds. The Morgan fingerprint density at radius 3 is 2.57 bits per heavy atom. The fourth-order valence-corrected chi connectivity index (χ4v) is 6.23. The number of esters is 1. The number of carbonyl (C=O) groups is 3. The van der Waals surface area contributed by atoms with Gasteiger partial charge in [0.2, 0.25) is 6.79 Å². The highest BCUT2D eigenvalue weighted by molar-refractivity contribution is 6.68. The normalized spacial score (nSPS) is 18.0. The van der Waals surface area contributed by atoms with Gasteiger partial charge in [-0.05, 0) is 63.3 Å². The molecule has 0 saturated carbocycles. The first-order chi connectivity index (χ1) is 20.8. The number of rotatable bonds is 5. The number of pyridine rings is 2. The molecule has 3 aromatic rings. The quantitative estimate of drug-likeness (QED) is 0.177. The zero-order chi connectivity index (χ0) is 31.7. The van der Waals surface area contributed by atoms with Gasteiger partial charge in [0.15, 0.2) is 17.1 Å². The van der Waals surface area contributed by atoms with E-state index in [9.17, 15) is 24.3 Å². The van der Waals surface area contributed by atoms with Crippen LogP contribution < -0.4 is 19.9 Å². The van der Waals surface area contributed by atoms with E-state index in [4.69, 9.17) is 35.5 Å². The number of anilines is 1. The fourth-order valence-electron chi connectivity index (χ4n) is 6.07. The van der Waals surface area contributed by atoms with E-state index in [0.717, 1.165) is 23.3 Å². The summed E-state index contributed by atoms with van der Waals surface area (Å²) < 4.78 is 23.8. The van der Waals surface area contributed by atoms with Gasteiger partial charge in [0.05, 0.1) is 29.0 Å². The Bertz CT molecular complexity index is 1830. The number of aromatic nitrogens is 2. The third-order valence-electron chi connectivity index (χ3n) is 8.16. The number of halogens is 1. The highest BCUT2D eigenvalue weighted by Crippen LogP contribution is 2.50. The minimum absolute atomic E-state index is 0.0152. The number of ether oxygens (including phenoxy) is 4.